The van der Waals surface area contributed by atoms with Gasteiger partial charge in [0.25, 0.3) is 0 Å². The van der Waals surface area contributed by atoms with Gasteiger partial charge in [-0.15, -0.1) is 0 Å². The lowest BCUT2D eigenvalue weighted by Crippen LogP contribution is -2.50. The first-order chi connectivity index (χ1) is 9.69. The molecule has 1 spiro atoms. The Morgan fingerprint density at radius 2 is 1.90 bits per heavy atom. The molecule has 1 saturated heterocycles. The predicted molar refractivity (Wildman–Crippen MR) is 80.7 cm³/mol. The van der Waals surface area contributed by atoms with Gasteiger partial charge in [0.05, 0.1) is 7.11 Å². The van der Waals surface area contributed by atoms with E-state index >= 15 is 0 Å². The summed E-state index contributed by atoms with van der Waals surface area (Å²) in [6, 6.07) is -0.169. The Labute approximate surface area is 123 Å². The molecule has 0 aromatic rings. The van der Waals surface area contributed by atoms with Gasteiger partial charge in [0.1, 0.15) is 6.04 Å². The number of carbonyl (C=O) groups is 1. The highest BCUT2D eigenvalue weighted by atomic mass is 16.5. The highest BCUT2D eigenvalue weighted by Gasteiger charge is 2.37. The van der Waals surface area contributed by atoms with Gasteiger partial charge < -0.3 is 15.0 Å². The second-order valence-corrected chi connectivity index (χ2v) is 6.54. The summed E-state index contributed by atoms with van der Waals surface area (Å²) in [4.78, 5) is 14.3. The summed E-state index contributed by atoms with van der Waals surface area (Å²) in [5, 5.41) is 3.31. The summed E-state index contributed by atoms with van der Waals surface area (Å²) in [6.45, 7) is 6.06. The molecule has 0 amide bonds. The maximum Gasteiger partial charge on any atom is 0.324 e. The van der Waals surface area contributed by atoms with Crippen LogP contribution in [0.3, 0.4) is 0 Å². The molecule has 20 heavy (non-hydrogen) atoms. The van der Waals surface area contributed by atoms with Crippen LogP contribution >= 0.6 is 0 Å². The molecule has 1 N–H and O–H groups in total. The number of rotatable bonds is 6. The highest BCUT2D eigenvalue weighted by Crippen LogP contribution is 2.46. The standard InChI is InChI=1S/C16H30N2O2/c1-3-10-17-14(15(19)20-2)13-18-11-8-16(9-12-18)6-4-5-7-16/h14,17H,3-13H2,1-2H3. The first-order valence-corrected chi connectivity index (χ1v) is 8.23. The summed E-state index contributed by atoms with van der Waals surface area (Å²) < 4.78 is 4.92. The molecule has 0 aromatic carbocycles. The molecule has 0 radical (unpaired) electrons. The summed E-state index contributed by atoms with van der Waals surface area (Å²) in [7, 11) is 1.48. The van der Waals surface area contributed by atoms with Gasteiger partial charge in [-0.3, -0.25) is 4.79 Å². The lowest BCUT2D eigenvalue weighted by atomic mass is 9.77. The minimum Gasteiger partial charge on any atom is -0.468 e. The van der Waals surface area contributed by atoms with Crippen molar-refractivity contribution in [2.24, 2.45) is 5.41 Å². The van der Waals surface area contributed by atoms with E-state index in [9.17, 15) is 4.79 Å². The van der Waals surface area contributed by atoms with Gasteiger partial charge in [-0.1, -0.05) is 19.8 Å². The fourth-order valence-electron chi connectivity index (χ4n) is 3.78. The molecule has 4 nitrogen and oxygen atoms in total. The lowest BCUT2D eigenvalue weighted by Gasteiger charge is -2.40. The fourth-order valence-corrected chi connectivity index (χ4v) is 3.78. The third kappa shape index (κ3) is 3.95. The Hall–Kier alpha value is -0.610. The lowest BCUT2D eigenvalue weighted by molar-refractivity contribution is -0.143. The number of methoxy groups -OCH3 is 1. The van der Waals surface area contributed by atoms with E-state index in [1.54, 1.807) is 0 Å². The van der Waals surface area contributed by atoms with E-state index in [0.717, 1.165) is 32.6 Å². The molecule has 0 aromatic heterocycles. The van der Waals surface area contributed by atoms with Crippen molar-refractivity contribution < 1.29 is 9.53 Å². The van der Waals surface area contributed by atoms with E-state index in [2.05, 4.69) is 17.1 Å². The van der Waals surface area contributed by atoms with Crippen LogP contribution in [-0.2, 0) is 9.53 Å². The quantitative estimate of drug-likeness (QED) is 0.758. The molecule has 1 saturated carbocycles. The van der Waals surface area contributed by atoms with Gasteiger partial charge >= 0.3 is 5.97 Å². The van der Waals surface area contributed by atoms with Crippen molar-refractivity contribution in [3.63, 3.8) is 0 Å². The average Bonchev–Trinajstić information content (AvgIpc) is 2.93. The van der Waals surface area contributed by atoms with Crippen LogP contribution in [0.4, 0.5) is 0 Å². The van der Waals surface area contributed by atoms with E-state index in [4.69, 9.17) is 4.74 Å². The zero-order valence-electron chi connectivity index (χ0n) is 13.1. The highest BCUT2D eigenvalue weighted by molar-refractivity contribution is 5.75. The second-order valence-electron chi connectivity index (χ2n) is 6.54. The molecular weight excluding hydrogens is 252 g/mol. The molecule has 2 rings (SSSR count). The van der Waals surface area contributed by atoms with E-state index in [1.165, 1.54) is 45.6 Å². The number of esters is 1. The van der Waals surface area contributed by atoms with Crippen LogP contribution in [0, 0.1) is 5.41 Å². The van der Waals surface area contributed by atoms with Crippen LogP contribution in [0.1, 0.15) is 51.9 Å². The normalized spacial score (nSPS) is 23.9. The molecule has 1 unspecified atom stereocenters. The number of carbonyl (C=O) groups excluding carboxylic acids is 1. The topological polar surface area (TPSA) is 41.6 Å². The van der Waals surface area contributed by atoms with Gasteiger partial charge in [0.2, 0.25) is 0 Å². The number of nitrogens with one attached hydrogen (secondary N) is 1. The van der Waals surface area contributed by atoms with Crippen molar-refractivity contribution in [3.05, 3.63) is 0 Å². The van der Waals surface area contributed by atoms with Crippen LogP contribution in [0.25, 0.3) is 0 Å². The van der Waals surface area contributed by atoms with E-state index in [0.29, 0.717) is 5.41 Å². The van der Waals surface area contributed by atoms with Gasteiger partial charge in [-0.25, -0.2) is 0 Å². The first-order valence-electron chi connectivity index (χ1n) is 8.23. The van der Waals surface area contributed by atoms with Gasteiger partial charge in [0, 0.05) is 6.54 Å². The van der Waals surface area contributed by atoms with E-state index in [1.807, 2.05) is 0 Å². The predicted octanol–water partition coefficient (Wildman–Crippen LogP) is 2.18. The number of ether oxygens (including phenoxy) is 1. The molecule has 1 atom stereocenters. The number of hydrogen-bond acceptors (Lipinski definition) is 4. The third-order valence-electron chi connectivity index (χ3n) is 5.15. The molecule has 2 aliphatic rings. The average molecular weight is 282 g/mol. The Morgan fingerprint density at radius 3 is 2.45 bits per heavy atom. The largest absolute Gasteiger partial charge is 0.468 e. The van der Waals surface area contributed by atoms with Gasteiger partial charge in [-0.2, -0.15) is 0 Å². The number of nitrogens with zero attached hydrogens (tertiary/aromatic N) is 1. The van der Waals surface area contributed by atoms with E-state index in [-0.39, 0.29) is 12.0 Å². The molecule has 116 valence electrons. The summed E-state index contributed by atoms with van der Waals surface area (Å²) in [6.07, 6.45) is 9.36. The molecule has 1 heterocycles. The number of hydrogen-bond donors (Lipinski definition) is 1. The molecule has 2 fully saturated rings. The summed E-state index contributed by atoms with van der Waals surface area (Å²) >= 11 is 0. The molecule has 0 bridgehead atoms. The minimum atomic E-state index is -0.169. The van der Waals surface area contributed by atoms with Crippen molar-refractivity contribution in [1.29, 1.82) is 0 Å². The third-order valence-corrected chi connectivity index (χ3v) is 5.15. The molecular formula is C16H30N2O2. The Morgan fingerprint density at radius 1 is 1.25 bits per heavy atom. The number of piperidine rings is 1. The SMILES string of the molecule is CCCNC(CN1CCC2(CCCC2)CC1)C(=O)OC. The molecule has 1 aliphatic heterocycles. The fraction of sp³-hybridized carbons (Fsp3) is 0.938. The van der Waals surface area contributed by atoms with Crippen molar-refractivity contribution in [2.45, 2.75) is 57.9 Å². The van der Waals surface area contributed by atoms with Crippen molar-refractivity contribution in [2.75, 3.05) is 33.3 Å². The molecule has 1 aliphatic carbocycles. The van der Waals surface area contributed by atoms with Crippen LogP contribution in [0.15, 0.2) is 0 Å². The monoisotopic (exact) mass is 282 g/mol. The second kappa shape index (κ2) is 7.41. The van der Waals surface area contributed by atoms with Crippen molar-refractivity contribution in [3.8, 4) is 0 Å². The van der Waals surface area contributed by atoms with Crippen LogP contribution in [-0.4, -0.2) is 50.2 Å². The van der Waals surface area contributed by atoms with Gasteiger partial charge in [-0.05, 0) is 57.2 Å². The summed E-state index contributed by atoms with van der Waals surface area (Å²) in [5.74, 6) is -0.125. The van der Waals surface area contributed by atoms with Crippen LogP contribution in [0.2, 0.25) is 0 Å². The zero-order valence-corrected chi connectivity index (χ0v) is 13.1. The Bertz CT molecular complexity index is 304. The van der Waals surface area contributed by atoms with E-state index < -0.39 is 0 Å². The maximum absolute atomic E-state index is 11.8. The Balaban J connectivity index is 1.80. The van der Waals surface area contributed by atoms with Crippen LogP contribution in [0.5, 0.6) is 0 Å². The maximum atomic E-state index is 11.8. The summed E-state index contributed by atoms with van der Waals surface area (Å²) in [5.41, 5.74) is 0.647. The number of likely N-dealkylation sites (tertiary alicyclic amines) is 1. The smallest absolute Gasteiger partial charge is 0.324 e. The minimum absolute atomic E-state index is 0.125. The first kappa shape index (κ1) is 15.8. The van der Waals surface area contributed by atoms with Crippen molar-refractivity contribution >= 4 is 5.97 Å². The zero-order chi connectivity index (χ0) is 14.4. The Kier molecular flexibility index (Phi) is 5.85. The molecule has 4 heteroatoms. The van der Waals surface area contributed by atoms with Crippen LogP contribution < -0.4 is 5.32 Å². The van der Waals surface area contributed by atoms with Gasteiger partial charge in [0.15, 0.2) is 0 Å². The van der Waals surface area contributed by atoms with Crippen molar-refractivity contribution in [1.82, 2.24) is 10.2 Å².